The first kappa shape index (κ1) is 13.9. The molecule has 0 atom stereocenters. The second-order valence-electron chi connectivity index (χ2n) is 5.85. The molecular weight excluding hydrogens is 260 g/mol. The first-order valence-electron chi connectivity index (χ1n) is 7.81. The number of carbonyl (C=O) groups is 1. The molecule has 0 saturated heterocycles. The van der Waals surface area contributed by atoms with Crippen LogP contribution in [0.2, 0.25) is 0 Å². The zero-order valence-electron chi connectivity index (χ0n) is 12.5. The van der Waals surface area contributed by atoms with Crippen LogP contribution in [0.1, 0.15) is 26.2 Å². The van der Waals surface area contributed by atoms with Crippen molar-refractivity contribution in [2.75, 3.05) is 18.4 Å². The van der Waals surface area contributed by atoms with E-state index in [4.69, 9.17) is 0 Å². The Balaban J connectivity index is 1.77. The largest absolute Gasteiger partial charge is 0.324 e. The highest BCUT2D eigenvalue weighted by molar-refractivity contribution is 6.01. The SMILES string of the molecule is CCCN(CC1CC1)C(=O)Nc1cccc2ccccc12. The normalized spacial score (nSPS) is 14.1. The summed E-state index contributed by atoms with van der Waals surface area (Å²) in [6, 6.07) is 14.2. The smallest absolute Gasteiger partial charge is 0.321 e. The topological polar surface area (TPSA) is 32.3 Å². The van der Waals surface area contributed by atoms with Crippen molar-refractivity contribution in [3.8, 4) is 0 Å². The summed E-state index contributed by atoms with van der Waals surface area (Å²) in [6.07, 6.45) is 3.53. The summed E-state index contributed by atoms with van der Waals surface area (Å²) in [5, 5.41) is 5.34. The van der Waals surface area contributed by atoms with Crippen molar-refractivity contribution in [2.45, 2.75) is 26.2 Å². The molecule has 0 spiro atoms. The average molecular weight is 282 g/mol. The van der Waals surface area contributed by atoms with Gasteiger partial charge in [-0.2, -0.15) is 0 Å². The van der Waals surface area contributed by atoms with Gasteiger partial charge in [-0.05, 0) is 36.6 Å². The van der Waals surface area contributed by atoms with Crippen molar-refractivity contribution in [1.82, 2.24) is 4.90 Å². The third-order valence-electron chi connectivity index (χ3n) is 3.99. The first-order valence-corrected chi connectivity index (χ1v) is 7.81. The Morgan fingerprint density at radius 2 is 1.95 bits per heavy atom. The molecule has 0 bridgehead atoms. The van der Waals surface area contributed by atoms with Crippen LogP contribution < -0.4 is 5.32 Å². The Hall–Kier alpha value is -2.03. The molecule has 0 aromatic heterocycles. The molecule has 2 aromatic carbocycles. The second-order valence-corrected chi connectivity index (χ2v) is 5.85. The lowest BCUT2D eigenvalue weighted by molar-refractivity contribution is 0.209. The molecule has 1 fully saturated rings. The van der Waals surface area contributed by atoms with Crippen molar-refractivity contribution in [2.24, 2.45) is 5.92 Å². The molecule has 0 unspecified atom stereocenters. The maximum atomic E-state index is 12.5. The van der Waals surface area contributed by atoms with Crippen LogP contribution in [-0.4, -0.2) is 24.0 Å². The summed E-state index contributed by atoms with van der Waals surface area (Å²) in [5.74, 6) is 0.717. The Morgan fingerprint density at radius 3 is 2.71 bits per heavy atom. The van der Waals surface area contributed by atoms with Gasteiger partial charge in [-0.15, -0.1) is 0 Å². The van der Waals surface area contributed by atoms with Gasteiger partial charge in [0, 0.05) is 18.5 Å². The highest BCUT2D eigenvalue weighted by Gasteiger charge is 2.26. The van der Waals surface area contributed by atoms with E-state index in [1.807, 2.05) is 29.2 Å². The minimum atomic E-state index is 0.0279. The van der Waals surface area contributed by atoms with Gasteiger partial charge in [-0.1, -0.05) is 43.3 Å². The van der Waals surface area contributed by atoms with Crippen molar-refractivity contribution >= 4 is 22.5 Å². The lowest BCUT2D eigenvalue weighted by atomic mass is 10.1. The molecule has 3 nitrogen and oxygen atoms in total. The summed E-state index contributed by atoms with van der Waals surface area (Å²) in [4.78, 5) is 14.5. The van der Waals surface area contributed by atoms with Crippen LogP contribution in [0.25, 0.3) is 10.8 Å². The number of nitrogens with zero attached hydrogens (tertiary/aromatic N) is 1. The maximum Gasteiger partial charge on any atom is 0.321 e. The van der Waals surface area contributed by atoms with E-state index >= 15 is 0 Å². The van der Waals surface area contributed by atoms with Crippen LogP contribution in [0.3, 0.4) is 0 Å². The van der Waals surface area contributed by atoms with Gasteiger partial charge in [0.15, 0.2) is 0 Å². The van der Waals surface area contributed by atoms with E-state index in [0.29, 0.717) is 0 Å². The Bertz CT molecular complexity index is 629. The molecular formula is C18H22N2O. The Morgan fingerprint density at radius 1 is 1.19 bits per heavy atom. The van der Waals surface area contributed by atoms with Crippen LogP contribution in [0.5, 0.6) is 0 Å². The lowest BCUT2D eigenvalue weighted by Crippen LogP contribution is -2.37. The fourth-order valence-corrected chi connectivity index (χ4v) is 2.69. The molecule has 2 amide bonds. The summed E-state index contributed by atoms with van der Waals surface area (Å²) >= 11 is 0. The van der Waals surface area contributed by atoms with Crippen molar-refractivity contribution in [3.63, 3.8) is 0 Å². The summed E-state index contributed by atoms with van der Waals surface area (Å²) in [5.41, 5.74) is 0.898. The maximum absolute atomic E-state index is 12.5. The Kier molecular flexibility index (Phi) is 4.09. The van der Waals surface area contributed by atoms with Gasteiger partial charge in [-0.25, -0.2) is 4.79 Å². The number of fused-ring (bicyclic) bond motifs is 1. The molecule has 21 heavy (non-hydrogen) atoms. The molecule has 0 aliphatic heterocycles. The van der Waals surface area contributed by atoms with Crippen molar-refractivity contribution in [3.05, 3.63) is 42.5 Å². The van der Waals surface area contributed by atoms with Gasteiger partial charge >= 0.3 is 6.03 Å². The molecule has 3 heteroatoms. The van der Waals surface area contributed by atoms with E-state index < -0.39 is 0 Å². The number of amides is 2. The highest BCUT2D eigenvalue weighted by atomic mass is 16.2. The number of nitrogens with one attached hydrogen (secondary N) is 1. The number of carbonyl (C=O) groups excluding carboxylic acids is 1. The number of urea groups is 1. The van der Waals surface area contributed by atoms with Gasteiger partial charge < -0.3 is 10.2 Å². The van der Waals surface area contributed by atoms with Gasteiger partial charge in [0.1, 0.15) is 0 Å². The van der Waals surface area contributed by atoms with Crippen LogP contribution in [0.15, 0.2) is 42.5 Å². The predicted molar refractivity (Wildman–Crippen MR) is 87.6 cm³/mol. The number of benzene rings is 2. The Labute approximate surface area is 125 Å². The monoisotopic (exact) mass is 282 g/mol. The van der Waals surface area contributed by atoms with E-state index in [9.17, 15) is 4.79 Å². The quantitative estimate of drug-likeness (QED) is 0.860. The third-order valence-corrected chi connectivity index (χ3v) is 3.99. The van der Waals surface area contributed by atoms with Crippen LogP contribution in [-0.2, 0) is 0 Å². The number of anilines is 1. The fourth-order valence-electron chi connectivity index (χ4n) is 2.69. The van der Waals surface area contributed by atoms with Crippen LogP contribution >= 0.6 is 0 Å². The molecule has 0 heterocycles. The van der Waals surface area contributed by atoms with Crippen molar-refractivity contribution < 1.29 is 4.79 Å². The summed E-state index contributed by atoms with van der Waals surface area (Å²) in [6.45, 7) is 3.84. The van der Waals surface area contributed by atoms with E-state index in [2.05, 4.69) is 30.4 Å². The second kappa shape index (κ2) is 6.17. The predicted octanol–water partition coefficient (Wildman–Crippen LogP) is 4.49. The average Bonchev–Trinajstić information content (AvgIpc) is 3.31. The molecule has 0 radical (unpaired) electrons. The molecule has 2 aromatic rings. The van der Waals surface area contributed by atoms with Crippen LogP contribution in [0.4, 0.5) is 10.5 Å². The van der Waals surface area contributed by atoms with Gasteiger partial charge in [0.2, 0.25) is 0 Å². The highest BCUT2D eigenvalue weighted by Crippen LogP contribution is 2.30. The van der Waals surface area contributed by atoms with Gasteiger partial charge in [0.25, 0.3) is 0 Å². The molecule has 1 aliphatic rings. The summed E-state index contributed by atoms with van der Waals surface area (Å²) < 4.78 is 0. The molecule has 1 aliphatic carbocycles. The first-order chi connectivity index (χ1) is 10.3. The minimum Gasteiger partial charge on any atom is -0.324 e. The minimum absolute atomic E-state index is 0.0279. The third kappa shape index (κ3) is 3.35. The zero-order chi connectivity index (χ0) is 14.7. The van der Waals surface area contributed by atoms with Crippen molar-refractivity contribution in [1.29, 1.82) is 0 Å². The number of hydrogen-bond acceptors (Lipinski definition) is 1. The van der Waals surface area contributed by atoms with Gasteiger partial charge in [-0.3, -0.25) is 0 Å². The lowest BCUT2D eigenvalue weighted by Gasteiger charge is -2.23. The standard InChI is InChI=1S/C18H22N2O/c1-2-12-20(13-14-10-11-14)18(21)19-17-9-5-7-15-6-3-4-8-16(15)17/h3-9,14H,2,10-13H2,1H3,(H,19,21). The molecule has 110 valence electrons. The van der Waals surface area contributed by atoms with E-state index in [0.717, 1.165) is 41.9 Å². The fraction of sp³-hybridized carbons (Fsp3) is 0.389. The van der Waals surface area contributed by atoms with Crippen LogP contribution in [0, 0.1) is 5.92 Å². The molecule has 3 rings (SSSR count). The summed E-state index contributed by atoms with van der Waals surface area (Å²) in [7, 11) is 0. The molecule has 1 saturated carbocycles. The van der Waals surface area contributed by atoms with E-state index in [1.54, 1.807) is 0 Å². The molecule has 1 N–H and O–H groups in total. The van der Waals surface area contributed by atoms with Gasteiger partial charge in [0.05, 0.1) is 5.69 Å². The van der Waals surface area contributed by atoms with E-state index in [-0.39, 0.29) is 6.03 Å². The number of hydrogen-bond donors (Lipinski definition) is 1. The van der Waals surface area contributed by atoms with E-state index in [1.165, 1.54) is 12.8 Å². The number of rotatable bonds is 5. The zero-order valence-corrected chi connectivity index (χ0v) is 12.5.